The van der Waals surface area contributed by atoms with Crippen LogP contribution in [-0.4, -0.2) is 19.5 Å². The molecule has 0 aliphatic heterocycles. The van der Waals surface area contributed by atoms with Crippen LogP contribution in [0.25, 0.3) is 5.70 Å². The summed E-state index contributed by atoms with van der Waals surface area (Å²) in [5.74, 6) is 0.812. The molecule has 27 heavy (non-hydrogen) atoms. The second-order valence-corrected chi connectivity index (χ2v) is 6.80. The number of aliphatic imine (C=N–C) groups is 2. The van der Waals surface area contributed by atoms with E-state index in [9.17, 15) is 0 Å². The first-order valence-corrected chi connectivity index (χ1v) is 9.11. The van der Waals surface area contributed by atoms with E-state index < -0.39 is 0 Å². The Bertz CT molecular complexity index is 992. The summed E-state index contributed by atoms with van der Waals surface area (Å²) in [5.41, 5.74) is 9.95. The third kappa shape index (κ3) is 5.05. The highest BCUT2D eigenvalue weighted by molar-refractivity contribution is 9.10. The molecule has 0 saturated heterocycles. The standard InChI is InChI=1S/C22H17BBrN3/c1-15(16-8-4-2-5-9-16)26-22(17-10-6-3-7-11-17)27-21(25)18-12-19(23)14-20(24)13-18/h2-14H,1H2,(H2,25,26,27). The van der Waals surface area contributed by atoms with Crippen molar-refractivity contribution in [1.29, 1.82) is 0 Å². The third-order valence-electron chi connectivity index (χ3n) is 3.82. The highest BCUT2D eigenvalue weighted by atomic mass is 79.9. The maximum Gasteiger partial charge on any atom is 0.162 e. The van der Waals surface area contributed by atoms with Gasteiger partial charge in [0.15, 0.2) is 5.84 Å². The molecule has 0 aliphatic rings. The minimum atomic E-state index is 0.325. The van der Waals surface area contributed by atoms with Crippen molar-refractivity contribution in [2.75, 3.05) is 0 Å². The maximum atomic E-state index is 6.25. The van der Waals surface area contributed by atoms with E-state index in [1.165, 1.54) is 0 Å². The van der Waals surface area contributed by atoms with E-state index in [1.807, 2.05) is 66.7 Å². The van der Waals surface area contributed by atoms with Crippen LogP contribution in [-0.2, 0) is 0 Å². The summed E-state index contributed by atoms with van der Waals surface area (Å²) in [6.07, 6.45) is 0. The van der Waals surface area contributed by atoms with E-state index in [0.717, 1.165) is 21.2 Å². The maximum absolute atomic E-state index is 6.25. The van der Waals surface area contributed by atoms with Gasteiger partial charge in [-0.3, -0.25) is 0 Å². The normalized spacial score (nSPS) is 12.0. The summed E-state index contributed by atoms with van der Waals surface area (Å²) in [6.45, 7) is 4.07. The van der Waals surface area contributed by atoms with Crippen molar-refractivity contribution in [2.45, 2.75) is 0 Å². The second-order valence-electron chi connectivity index (χ2n) is 5.88. The topological polar surface area (TPSA) is 50.7 Å². The summed E-state index contributed by atoms with van der Waals surface area (Å²) >= 11 is 3.43. The van der Waals surface area contributed by atoms with Gasteiger partial charge in [0.1, 0.15) is 13.7 Å². The number of hydrogen-bond acceptors (Lipinski definition) is 1. The lowest BCUT2D eigenvalue weighted by Crippen LogP contribution is -2.18. The minimum absolute atomic E-state index is 0.325. The zero-order valence-corrected chi connectivity index (χ0v) is 16.2. The molecule has 0 bridgehead atoms. The molecule has 2 N–H and O–H groups in total. The average Bonchev–Trinajstić information content (AvgIpc) is 2.68. The number of nitrogens with zero attached hydrogens (tertiary/aromatic N) is 2. The fraction of sp³-hybridized carbons (Fsp3) is 0. The molecule has 0 unspecified atom stereocenters. The van der Waals surface area contributed by atoms with Crippen LogP contribution in [0.2, 0.25) is 0 Å². The molecule has 0 saturated carbocycles. The van der Waals surface area contributed by atoms with Gasteiger partial charge in [-0.15, -0.1) is 0 Å². The lowest BCUT2D eigenvalue weighted by Gasteiger charge is -2.08. The van der Waals surface area contributed by atoms with Gasteiger partial charge in [0.2, 0.25) is 0 Å². The van der Waals surface area contributed by atoms with Gasteiger partial charge in [-0.05, 0) is 11.6 Å². The van der Waals surface area contributed by atoms with Crippen LogP contribution in [0.3, 0.4) is 0 Å². The van der Waals surface area contributed by atoms with E-state index >= 15 is 0 Å². The lowest BCUT2D eigenvalue weighted by molar-refractivity contribution is 1.43. The first kappa shape index (κ1) is 18.9. The van der Waals surface area contributed by atoms with Crippen LogP contribution >= 0.6 is 15.9 Å². The highest BCUT2D eigenvalue weighted by Gasteiger charge is 2.08. The Labute approximate surface area is 168 Å². The molecule has 3 aromatic carbocycles. The number of amidine groups is 2. The SMILES string of the molecule is [B]c1cc(Br)cc(C(N)=NC(=NC(=C)c2ccccc2)c2ccccc2)c1. The van der Waals surface area contributed by atoms with Crippen LogP contribution in [0.15, 0.2) is 99.9 Å². The molecule has 3 rings (SSSR count). The Balaban J connectivity index is 2.05. The van der Waals surface area contributed by atoms with E-state index in [-0.39, 0.29) is 0 Å². The van der Waals surface area contributed by atoms with E-state index in [2.05, 4.69) is 32.5 Å². The van der Waals surface area contributed by atoms with Crippen LogP contribution in [0.4, 0.5) is 0 Å². The van der Waals surface area contributed by atoms with Crippen molar-refractivity contribution >= 4 is 46.6 Å². The Morgan fingerprint density at radius 3 is 2.00 bits per heavy atom. The molecule has 0 heterocycles. The van der Waals surface area contributed by atoms with Gasteiger partial charge in [-0.1, -0.05) is 101 Å². The molecule has 3 nitrogen and oxygen atoms in total. The molecule has 5 heteroatoms. The van der Waals surface area contributed by atoms with Gasteiger partial charge in [0.25, 0.3) is 0 Å². The number of rotatable bonds is 4. The van der Waals surface area contributed by atoms with Crippen LogP contribution in [0, 0.1) is 0 Å². The highest BCUT2D eigenvalue weighted by Crippen LogP contribution is 2.16. The number of nitrogens with two attached hydrogens (primary N) is 1. The number of halogens is 1. The van der Waals surface area contributed by atoms with E-state index in [1.54, 1.807) is 12.1 Å². The molecule has 2 radical (unpaired) electrons. The summed E-state index contributed by atoms with van der Waals surface area (Å²) in [4.78, 5) is 9.21. The van der Waals surface area contributed by atoms with Crippen LogP contribution < -0.4 is 11.2 Å². The monoisotopic (exact) mass is 413 g/mol. The smallest absolute Gasteiger partial charge is 0.162 e. The molecule has 0 aromatic heterocycles. The zero-order chi connectivity index (χ0) is 19.2. The molecule has 3 aromatic rings. The summed E-state index contributed by atoms with van der Waals surface area (Å²) < 4.78 is 0.836. The van der Waals surface area contributed by atoms with Crippen molar-refractivity contribution in [3.05, 3.63) is 107 Å². The Hall–Kier alpha value is -2.92. The van der Waals surface area contributed by atoms with Gasteiger partial charge in [0.05, 0.1) is 5.70 Å². The van der Waals surface area contributed by atoms with Gasteiger partial charge in [-0.25, -0.2) is 9.98 Å². The predicted molar refractivity (Wildman–Crippen MR) is 119 cm³/mol. The molecule has 0 atom stereocenters. The molecule has 0 aliphatic carbocycles. The fourth-order valence-corrected chi connectivity index (χ4v) is 3.01. The van der Waals surface area contributed by atoms with Crippen LogP contribution in [0.5, 0.6) is 0 Å². The van der Waals surface area contributed by atoms with Crippen molar-refractivity contribution < 1.29 is 0 Å². The van der Waals surface area contributed by atoms with Gasteiger partial charge < -0.3 is 5.73 Å². The molecular weight excluding hydrogens is 397 g/mol. The lowest BCUT2D eigenvalue weighted by atomic mass is 9.94. The first-order valence-electron chi connectivity index (χ1n) is 8.32. The average molecular weight is 414 g/mol. The third-order valence-corrected chi connectivity index (χ3v) is 4.28. The molecule has 0 spiro atoms. The van der Waals surface area contributed by atoms with Crippen LogP contribution in [0.1, 0.15) is 16.7 Å². The van der Waals surface area contributed by atoms with E-state index in [4.69, 9.17) is 13.6 Å². The summed E-state index contributed by atoms with van der Waals surface area (Å²) in [5, 5.41) is 0. The first-order chi connectivity index (χ1) is 13.0. The Morgan fingerprint density at radius 2 is 1.41 bits per heavy atom. The van der Waals surface area contributed by atoms with Gasteiger partial charge >= 0.3 is 0 Å². The quantitative estimate of drug-likeness (QED) is 0.391. The molecule has 130 valence electrons. The van der Waals surface area contributed by atoms with Crippen molar-refractivity contribution in [1.82, 2.24) is 0 Å². The molecule has 0 amide bonds. The minimum Gasteiger partial charge on any atom is -0.383 e. The summed E-state index contributed by atoms with van der Waals surface area (Å²) in [6, 6.07) is 24.9. The fourth-order valence-electron chi connectivity index (χ4n) is 2.50. The predicted octanol–water partition coefficient (Wildman–Crippen LogP) is 4.07. The molecular formula is C22H17BBrN3. The number of benzene rings is 3. The largest absolute Gasteiger partial charge is 0.383 e. The van der Waals surface area contributed by atoms with Crippen molar-refractivity contribution in [3.63, 3.8) is 0 Å². The zero-order valence-electron chi connectivity index (χ0n) is 14.6. The van der Waals surface area contributed by atoms with Gasteiger partial charge in [0, 0.05) is 15.6 Å². The molecule has 0 fully saturated rings. The van der Waals surface area contributed by atoms with Crippen molar-refractivity contribution in [2.24, 2.45) is 15.7 Å². The van der Waals surface area contributed by atoms with E-state index in [0.29, 0.717) is 22.8 Å². The number of hydrogen-bond donors (Lipinski definition) is 1. The van der Waals surface area contributed by atoms with Crippen molar-refractivity contribution in [3.8, 4) is 0 Å². The summed E-state index contributed by atoms with van der Waals surface area (Å²) in [7, 11) is 5.91. The Kier molecular flexibility index (Phi) is 6.04. The Morgan fingerprint density at radius 1 is 0.815 bits per heavy atom. The second kappa shape index (κ2) is 8.65. The van der Waals surface area contributed by atoms with Gasteiger partial charge in [-0.2, -0.15) is 0 Å².